The molecule has 1 aliphatic rings. The predicted molar refractivity (Wildman–Crippen MR) is 108 cm³/mol. The van der Waals surface area contributed by atoms with Crippen molar-refractivity contribution in [1.82, 2.24) is 4.90 Å². The van der Waals surface area contributed by atoms with Gasteiger partial charge >= 0.3 is 6.09 Å². The highest BCUT2D eigenvalue weighted by Crippen LogP contribution is 2.35. The second kappa shape index (κ2) is 7.26. The van der Waals surface area contributed by atoms with Crippen molar-refractivity contribution in [2.75, 3.05) is 13.1 Å². The van der Waals surface area contributed by atoms with Gasteiger partial charge in [0.25, 0.3) is 0 Å². The molecule has 2 aromatic carbocycles. The molecule has 0 atom stereocenters. The number of amides is 1. The smallest absolute Gasteiger partial charge is 0.410 e. The van der Waals surface area contributed by atoms with Gasteiger partial charge < -0.3 is 14.4 Å². The van der Waals surface area contributed by atoms with Crippen LogP contribution < -0.4 is 4.74 Å². The number of carbonyl (C=O) groups is 1. The summed E-state index contributed by atoms with van der Waals surface area (Å²) in [5.74, 6) is 0.841. The SMILES string of the molecule is CCc1ccc(-c2ccccc2OC2(C)CN(C(=O)OC(C)(C)C)C2)cc1. The Morgan fingerprint density at radius 3 is 2.30 bits per heavy atom. The quantitative estimate of drug-likeness (QED) is 0.736. The summed E-state index contributed by atoms with van der Waals surface area (Å²) in [4.78, 5) is 13.9. The molecule has 3 rings (SSSR count). The number of ether oxygens (including phenoxy) is 2. The fourth-order valence-corrected chi connectivity index (χ4v) is 3.26. The summed E-state index contributed by atoms with van der Waals surface area (Å²) in [6, 6.07) is 16.6. The number of para-hydroxylation sites is 1. The monoisotopic (exact) mass is 367 g/mol. The molecule has 1 fully saturated rings. The van der Waals surface area contributed by atoms with Gasteiger partial charge in [0.1, 0.15) is 17.0 Å². The number of hydrogen-bond acceptors (Lipinski definition) is 3. The number of hydrogen-bond donors (Lipinski definition) is 0. The summed E-state index contributed by atoms with van der Waals surface area (Å²) in [7, 11) is 0. The molecule has 1 heterocycles. The molecule has 1 aliphatic heterocycles. The Hall–Kier alpha value is -2.49. The van der Waals surface area contributed by atoms with Gasteiger partial charge in [0.15, 0.2) is 0 Å². The van der Waals surface area contributed by atoms with Crippen LogP contribution in [0.3, 0.4) is 0 Å². The third-order valence-electron chi connectivity index (χ3n) is 4.62. The molecule has 1 amide bonds. The molecule has 0 radical (unpaired) electrons. The third kappa shape index (κ3) is 4.62. The lowest BCUT2D eigenvalue weighted by atomic mass is 9.96. The average Bonchev–Trinajstić information content (AvgIpc) is 2.58. The van der Waals surface area contributed by atoms with E-state index in [-0.39, 0.29) is 6.09 Å². The lowest BCUT2D eigenvalue weighted by molar-refractivity contribution is -0.0709. The van der Waals surface area contributed by atoms with Crippen LogP contribution in [0.2, 0.25) is 0 Å². The van der Waals surface area contributed by atoms with Crippen LogP contribution in [0.25, 0.3) is 11.1 Å². The summed E-state index contributed by atoms with van der Waals surface area (Å²) in [6.07, 6.45) is 0.740. The Morgan fingerprint density at radius 2 is 1.70 bits per heavy atom. The molecule has 0 aromatic heterocycles. The zero-order valence-electron chi connectivity index (χ0n) is 16.9. The van der Waals surface area contributed by atoms with Crippen molar-refractivity contribution in [3.05, 3.63) is 54.1 Å². The van der Waals surface area contributed by atoms with Gasteiger partial charge in [0, 0.05) is 5.56 Å². The van der Waals surface area contributed by atoms with Crippen molar-refractivity contribution in [3.63, 3.8) is 0 Å². The van der Waals surface area contributed by atoms with Gasteiger partial charge in [-0.2, -0.15) is 0 Å². The van der Waals surface area contributed by atoms with Gasteiger partial charge in [-0.15, -0.1) is 0 Å². The number of likely N-dealkylation sites (tertiary alicyclic amines) is 1. The zero-order valence-corrected chi connectivity index (χ0v) is 16.9. The average molecular weight is 367 g/mol. The van der Waals surface area contributed by atoms with Crippen LogP contribution in [0.1, 0.15) is 40.2 Å². The first-order chi connectivity index (χ1) is 12.7. The van der Waals surface area contributed by atoms with Crippen LogP contribution >= 0.6 is 0 Å². The number of aryl methyl sites for hydroxylation is 1. The molecule has 0 bridgehead atoms. The minimum absolute atomic E-state index is 0.285. The van der Waals surface area contributed by atoms with Crippen LogP contribution in [-0.2, 0) is 11.2 Å². The molecule has 27 heavy (non-hydrogen) atoms. The Bertz CT molecular complexity index is 799. The summed E-state index contributed by atoms with van der Waals surface area (Å²) < 4.78 is 11.8. The second-order valence-electron chi connectivity index (χ2n) is 8.44. The van der Waals surface area contributed by atoms with Gasteiger partial charge in [-0.25, -0.2) is 4.79 Å². The summed E-state index contributed by atoms with van der Waals surface area (Å²) >= 11 is 0. The van der Waals surface area contributed by atoms with E-state index in [1.165, 1.54) is 5.56 Å². The minimum atomic E-state index is -0.485. The summed E-state index contributed by atoms with van der Waals surface area (Å²) in [6.45, 7) is 10.8. The van der Waals surface area contributed by atoms with E-state index in [4.69, 9.17) is 9.47 Å². The van der Waals surface area contributed by atoms with E-state index in [9.17, 15) is 4.79 Å². The molecule has 0 N–H and O–H groups in total. The van der Waals surface area contributed by atoms with Crippen molar-refractivity contribution < 1.29 is 14.3 Å². The van der Waals surface area contributed by atoms with E-state index in [1.807, 2.05) is 45.9 Å². The van der Waals surface area contributed by atoms with Crippen LogP contribution in [-0.4, -0.2) is 35.3 Å². The number of nitrogens with zero attached hydrogens (tertiary/aromatic N) is 1. The molecule has 0 saturated carbocycles. The van der Waals surface area contributed by atoms with E-state index in [1.54, 1.807) is 4.90 Å². The maximum atomic E-state index is 12.2. The molecule has 4 nitrogen and oxygen atoms in total. The molecule has 144 valence electrons. The van der Waals surface area contributed by atoms with Gasteiger partial charge in [-0.3, -0.25) is 0 Å². The van der Waals surface area contributed by atoms with Crippen molar-refractivity contribution in [2.45, 2.75) is 52.2 Å². The van der Waals surface area contributed by atoms with Gasteiger partial charge in [0.2, 0.25) is 0 Å². The predicted octanol–water partition coefficient (Wildman–Crippen LogP) is 5.30. The van der Waals surface area contributed by atoms with Crippen molar-refractivity contribution in [3.8, 4) is 16.9 Å². The van der Waals surface area contributed by atoms with Gasteiger partial charge in [-0.1, -0.05) is 49.4 Å². The van der Waals surface area contributed by atoms with E-state index in [0.717, 1.165) is 23.3 Å². The van der Waals surface area contributed by atoms with E-state index in [0.29, 0.717) is 13.1 Å². The van der Waals surface area contributed by atoms with Crippen molar-refractivity contribution in [1.29, 1.82) is 0 Å². The standard InChI is InChI=1S/C23H29NO3/c1-6-17-11-13-18(14-12-17)19-9-7-8-10-20(19)26-23(5)15-24(16-23)21(25)27-22(2,3)4/h7-14H,6,15-16H2,1-5H3. The fraction of sp³-hybridized carbons (Fsp3) is 0.435. The van der Waals surface area contributed by atoms with Gasteiger partial charge in [0.05, 0.1) is 13.1 Å². The van der Waals surface area contributed by atoms with E-state index >= 15 is 0 Å². The Kier molecular flexibility index (Phi) is 5.18. The van der Waals surface area contributed by atoms with Crippen LogP contribution in [0, 0.1) is 0 Å². The zero-order chi connectivity index (χ0) is 19.7. The van der Waals surface area contributed by atoms with Crippen molar-refractivity contribution >= 4 is 6.09 Å². The topological polar surface area (TPSA) is 38.8 Å². The van der Waals surface area contributed by atoms with Crippen LogP contribution in [0.5, 0.6) is 5.75 Å². The van der Waals surface area contributed by atoms with Crippen LogP contribution in [0.4, 0.5) is 4.79 Å². The normalized spacial score (nSPS) is 15.8. The first-order valence-electron chi connectivity index (χ1n) is 9.54. The molecular formula is C23H29NO3. The maximum Gasteiger partial charge on any atom is 0.410 e. The summed E-state index contributed by atoms with van der Waals surface area (Å²) in [5, 5.41) is 0. The molecule has 0 spiro atoms. The highest BCUT2D eigenvalue weighted by atomic mass is 16.6. The van der Waals surface area contributed by atoms with Crippen LogP contribution in [0.15, 0.2) is 48.5 Å². The maximum absolute atomic E-state index is 12.2. The minimum Gasteiger partial charge on any atom is -0.483 e. The Morgan fingerprint density at radius 1 is 1.07 bits per heavy atom. The first-order valence-corrected chi connectivity index (χ1v) is 9.54. The number of benzene rings is 2. The molecule has 2 aromatic rings. The fourth-order valence-electron chi connectivity index (χ4n) is 3.26. The highest BCUT2D eigenvalue weighted by molar-refractivity contribution is 5.71. The molecule has 0 aliphatic carbocycles. The van der Waals surface area contributed by atoms with E-state index < -0.39 is 11.2 Å². The molecule has 1 saturated heterocycles. The molecular weight excluding hydrogens is 338 g/mol. The summed E-state index contributed by atoms with van der Waals surface area (Å²) in [5.41, 5.74) is 2.63. The largest absolute Gasteiger partial charge is 0.483 e. The molecule has 4 heteroatoms. The lowest BCUT2D eigenvalue weighted by Gasteiger charge is -2.47. The second-order valence-corrected chi connectivity index (χ2v) is 8.44. The molecule has 0 unspecified atom stereocenters. The first kappa shape index (κ1) is 19.3. The van der Waals surface area contributed by atoms with E-state index in [2.05, 4.69) is 37.3 Å². The number of carbonyl (C=O) groups excluding carboxylic acids is 1. The lowest BCUT2D eigenvalue weighted by Crippen LogP contribution is -2.65. The highest BCUT2D eigenvalue weighted by Gasteiger charge is 2.45. The number of rotatable bonds is 4. The Labute approximate surface area is 162 Å². The van der Waals surface area contributed by atoms with Crippen molar-refractivity contribution in [2.24, 2.45) is 0 Å². The van der Waals surface area contributed by atoms with Gasteiger partial charge in [-0.05, 0) is 51.3 Å². The Balaban J connectivity index is 1.71. The third-order valence-corrected chi connectivity index (χ3v) is 4.62.